The largest absolute Gasteiger partial charge is 0.309 e. The highest BCUT2D eigenvalue weighted by Gasteiger charge is 2.06. The van der Waals surface area contributed by atoms with Crippen molar-refractivity contribution in [2.24, 2.45) is 0 Å². The van der Waals surface area contributed by atoms with Crippen LogP contribution in [0, 0.1) is 21.4 Å². The Morgan fingerprint density at radius 3 is 3.00 bits per heavy atom. The first kappa shape index (κ1) is 12.1. The molecule has 0 aliphatic rings. The Kier molecular flexibility index (Phi) is 4.42. The van der Waals surface area contributed by atoms with E-state index in [1.165, 1.54) is 12.1 Å². The average Bonchev–Trinajstić information content (AvgIpc) is 2.27. The SMILES string of the molecule is CC(CC#N)NCc1cccc([N+](=O)[O-])c1. The van der Waals surface area contributed by atoms with Crippen molar-refractivity contribution in [3.05, 3.63) is 39.9 Å². The van der Waals surface area contributed by atoms with E-state index in [9.17, 15) is 10.1 Å². The van der Waals surface area contributed by atoms with Gasteiger partial charge in [0.1, 0.15) is 0 Å². The predicted octanol–water partition coefficient (Wildman–Crippen LogP) is 1.99. The minimum atomic E-state index is -0.414. The third-order valence-corrected chi connectivity index (χ3v) is 2.17. The molecular weight excluding hydrogens is 206 g/mol. The summed E-state index contributed by atoms with van der Waals surface area (Å²) in [4.78, 5) is 10.1. The van der Waals surface area contributed by atoms with E-state index >= 15 is 0 Å². The smallest absolute Gasteiger partial charge is 0.269 e. The molecular formula is C11H13N3O2. The molecule has 0 radical (unpaired) electrons. The number of hydrogen-bond acceptors (Lipinski definition) is 4. The van der Waals surface area contributed by atoms with Gasteiger partial charge < -0.3 is 5.32 Å². The first-order valence-corrected chi connectivity index (χ1v) is 4.97. The molecule has 1 aromatic rings. The number of nitriles is 1. The van der Waals surface area contributed by atoms with E-state index in [-0.39, 0.29) is 11.7 Å². The molecule has 0 fully saturated rings. The molecule has 1 atom stereocenters. The molecule has 0 bridgehead atoms. The standard InChI is InChI=1S/C11H13N3O2/c1-9(5-6-12)13-8-10-3-2-4-11(7-10)14(15)16/h2-4,7,9,13H,5,8H2,1H3. The quantitative estimate of drug-likeness (QED) is 0.606. The Hall–Kier alpha value is -1.93. The van der Waals surface area contributed by atoms with Gasteiger partial charge in [0.05, 0.1) is 17.4 Å². The van der Waals surface area contributed by atoms with Gasteiger partial charge in [-0.25, -0.2) is 0 Å². The lowest BCUT2D eigenvalue weighted by Crippen LogP contribution is -2.24. The summed E-state index contributed by atoms with van der Waals surface area (Å²) in [5.41, 5.74) is 0.936. The van der Waals surface area contributed by atoms with Crippen molar-refractivity contribution in [1.29, 1.82) is 5.26 Å². The average molecular weight is 219 g/mol. The zero-order valence-electron chi connectivity index (χ0n) is 9.01. The zero-order valence-corrected chi connectivity index (χ0v) is 9.01. The van der Waals surface area contributed by atoms with Crippen molar-refractivity contribution >= 4 is 5.69 Å². The van der Waals surface area contributed by atoms with Crippen molar-refractivity contribution < 1.29 is 4.92 Å². The molecule has 0 heterocycles. The normalized spacial score (nSPS) is 11.8. The second-order valence-corrected chi connectivity index (χ2v) is 3.57. The maximum atomic E-state index is 10.5. The lowest BCUT2D eigenvalue weighted by atomic mass is 10.2. The van der Waals surface area contributed by atoms with Gasteiger partial charge in [0.25, 0.3) is 5.69 Å². The van der Waals surface area contributed by atoms with E-state index in [1.54, 1.807) is 6.07 Å². The van der Waals surface area contributed by atoms with Crippen LogP contribution in [0.1, 0.15) is 18.9 Å². The maximum Gasteiger partial charge on any atom is 0.269 e. The van der Waals surface area contributed by atoms with Crippen molar-refractivity contribution in [2.75, 3.05) is 0 Å². The highest BCUT2D eigenvalue weighted by Crippen LogP contribution is 2.12. The van der Waals surface area contributed by atoms with Crippen LogP contribution in [0.4, 0.5) is 5.69 Å². The van der Waals surface area contributed by atoms with E-state index in [2.05, 4.69) is 11.4 Å². The van der Waals surface area contributed by atoms with E-state index in [0.717, 1.165) is 5.56 Å². The summed E-state index contributed by atoms with van der Waals surface area (Å²) >= 11 is 0. The van der Waals surface area contributed by atoms with Gasteiger partial charge in [0, 0.05) is 24.7 Å². The first-order valence-electron chi connectivity index (χ1n) is 4.97. The fourth-order valence-corrected chi connectivity index (χ4v) is 1.28. The summed E-state index contributed by atoms with van der Waals surface area (Å²) in [6, 6.07) is 8.62. The number of hydrogen-bond donors (Lipinski definition) is 1. The molecule has 0 spiro atoms. The van der Waals surface area contributed by atoms with Crippen LogP contribution in [0.25, 0.3) is 0 Å². The summed E-state index contributed by atoms with van der Waals surface area (Å²) in [6.45, 7) is 2.44. The Balaban J connectivity index is 2.58. The first-order chi connectivity index (χ1) is 7.63. The predicted molar refractivity (Wildman–Crippen MR) is 59.6 cm³/mol. The molecule has 0 aromatic heterocycles. The van der Waals surface area contributed by atoms with Gasteiger partial charge in [-0.05, 0) is 12.5 Å². The molecule has 0 aliphatic carbocycles. The molecule has 1 unspecified atom stereocenters. The maximum absolute atomic E-state index is 10.5. The monoisotopic (exact) mass is 219 g/mol. The fourth-order valence-electron chi connectivity index (χ4n) is 1.28. The van der Waals surface area contributed by atoms with E-state index < -0.39 is 4.92 Å². The summed E-state index contributed by atoms with van der Waals surface area (Å²) in [6.07, 6.45) is 0.426. The summed E-state index contributed by atoms with van der Waals surface area (Å²) in [5, 5.41) is 22.1. The van der Waals surface area contributed by atoms with Gasteiger partial charge in [-0.2, -0.15) is 5.26 Å². The molecule has 5 nitrogen and oxygen atoms in total. The van der Waals surface area contributed by atoms with Crippen LogP contribution < -0.4 is 5.32 Å². The third-order valence-electron chi connectivity index (χ3n) is 2.17. The second-order valence-electron chi connectivity index (χ2n) is 3.57. The molecule has 0 aliphatic heterocycles. The minimum absolute atomic E-state index is 0.0873. The lowest BCUT2D eigenvalue weighted by molar-refractivity contribution is -0.384. The Bertz CT molecular complexity index is 412. The Morgan fingerprint density at radius 2 is 2.38 bits per heavy atom. The summed E-state index contributed by atoms with van der Waals surface area (Å²) < 4.78 is 0. The highest BCUT2D eigenvalue weighted by atomic mass is 16.6. The van der Waals surface area contributed by atoms with Gasteiger partial charge in [0.2, 0.25) is 0 Å². The molecule has 0 amide bonds. The zero-order chi connectivity index (χ0) is 12.0. The number of nitrogens with zero attached hydrogens (tertiary/aromatic N) is 2. The van der Waals surface area contributed by atoms with Gasteiger partial charge in [-0.1, -0.05) is 12.1 Å². The molecule has 84 valence electrons. The Morgan fingerprint density at radius 1 is 1.62 bits per heavy atom. The third kappa shape index (κ3) is 3.67. The van der Waals surface area contributed by atoms with Gasteiger partial charge in [-0.3, -0.25) is 10.1 Å². The number of rotatable bonds is 5. The number of benzene rings is 1. The highest BCUT2D eigenvalue weighted by molar-refractivity contribution is 5.34. The molecule has 0 saturated heterocycles. The van der Waals surface area contributed by atoms with Crippen molar-refractivity contribution in [3.8, 4) is 6.07 Å². The molecule has 1 aromatic carbocycles. The van der Waals surface area contributed by atoms with Gasteiger partial charge >= 0.3 is 0 Å². The van der Waals surface area contributed by atoms with Crippen LogP contribution in [-0.4, -0.2) is 11.0 Å². The number of nitro benzene ring substituents is 1. The number of nitro groups is 1. The van der Waals surface area contributed by atoms with E-state index in [4.69, 9.17) is 5.26 Å². The molecule has 1 rings (SSSR count). The second kappa shape index (κ2) is 5.83. The van der Waals surface area contributed by atoms with Crippen LogP contribution in [0.3, 0.4) is 0 Å². The fraction of sp³-hybridized carbons (Fsp3) is 0.364. The summed E-state index contributed by atoms with van der Waals surface area (Å²) in [5.74, 6) is 0. The summed E-state index contributed by atoms with van der Waals surface area (Å²) in [7, 11) is 0. The minimum Gasteiger partial charge on any atom is -0.309 e. The van der Waals surface area contributed by atoms with Crippen LogP contribution in [-0.2, 0) is 6.54 Å². The Labute approximate surface area is 93.9 Å². The molecule has 0 saturated carbocycles. The van der Waals surface area contributed by atoms with Crippen molar-refractivity contribution in [3.63, 3.8) is 0 Å². The topological polar surface area (TPSA) is 79.0 Å². The molecule has 16 heavy (non-hydrogen) atoms. The van der Waals surface area contributed by atoms with Gasteiger partial charge in [0.15, 0.2) is 0 Å². The number of non-ortho nitro benzene ring substituents is 1. The van der Waals surface area contributed by atoms with Crippen molar-refractivity contribution in [1.82, 2.24) is 5.32 Å². The lowest BCUT2D eigenvalue weighted by Gasteiger charge is -2.09. The molecule has 5 heteroatoms. The van der Waals surface area contributed by atoms with E-state index in [1.807, 2.05) is 13.0 Å². The van der Waals surface area contributed by atoms with E-state index in [0.29, 0.717) is 13.0 Å². The van der Waals surface area contributed by atoms with Crippen LogP contribution >= 0.6 is 0 Å². The molecule has 1 N–H and O–H groups in total. The van der Waals surface area contributed by atoms with Crippen molar-refractivity contribution in [2.45, 2.75) is 25.9 Å². The van der Waals surface area contributed by atoms with Gasteiger partial charge in [-0.15, -0.1) is 0 Å². The van der Waals surface area contributed by atoms with Crippen LogP contribution in [0.2, 0.25) is 0 Å². The number of nitrogens with one attached hydrogen (secondary N) is 1. The van der Waals surface area contributed by atoms with Crippen LogP contribution in [0.15, 0.2) is 24.3 Å². The van der Waals surface area contributed by atoms with Crippen LogP contribution in [0.5, 0.6) is 0 Å².